The lowest BCUT2D eigenvalue weighted by Gasteiger charge is -2.12. The van der Waals surface area contributed by atoms with Gasteiger partial charge in [0.05, 0.1) is 5.69 Å². The molecule has 0 aliphatic heterocycles. The Morgan fingerprint density at radius 2 is 2.22 bits per heavy atom. The Bertz CT molecular complexity index is 483. The average Bonchev–Trinajstić information content (AvgIpc) is 2.35. The van der Waals surface area contributed by atoms with Crippen LogP contribution in [0.2, 0.25) is 0 Å². The first-order chi connectivity index (χ1) is 8.65. The third-order valence-electron chi connectivity index (χ3n) is 3.05. The number of allylic oxidation sites excluding steroid dienone is 1. The van der Waals surface area contributed by atoms with E-state index in [0.717, 1.165) is 19.3 Å². The number of nitrogen functional groups attached to an aromatic ring is 1. The molecule has 0 fully saturated rings. The van der Waals surface area contributed by atoms with Gasteiger partial charge < -0.3 is 11.1 Å². The van der Waals surface area contributed by atoms with Gasteiger partial charge in [-0.25, -0.2) is 4.39 Å². The van der Waals surface area contributed by atoms with Gasteiger partial charge in [0.25, 0.3) is 0 Å². The highest BCUT2D eigenvalue weighted by atomic mass is 19.1. The number of rotatable bonds is 3. The van der Waals surface area contributed by atoms with Crippen molar-refractivity contribution in [1.82, 2.24) is 0 Å². The summed E-state index contributed by atoms with van der Waals surface area (Å²) in [4.78, 5) is 11.8. The number of nitrogens with one attached hydrogen (secondary N) is 1. The molecule has 18 heavy (non-hydrogen) atoms. The zero-order valence-corrected chi connectivity index (χ0v) is 10.2. The number of nitrogens with two attached hydrogens (primary N) is 1. The van der Waals surface area contributed by atoms with Gasteiger partial charge in [0.15, 0.2) is 0 Å². The molecule has 0 unspecified atom stereocenters. The van der Waals surface area contributed by atoms with E-state index in [-0.39, 0.29) is 11.6 Å². The maximum atomic E-state index is 13.0. The number of hydrogen-bond acceptors (Lipinski definition) is 2. The van der Waals surface area contributed by atoms with E-state index < -0.39 is 5.82 Å². The molecule has 0 radical (unpaired) electrons. The average molecular weight is 248 g/mol. The van der Waals surface area contributed by atoms with Crippen molar-refractivity contribution in [1.29, 1.82) is 0 Å². The van der Waals surface area contributed by atoms with Gasteiger partial charge in [-0.1, -0.05) is 11.6 Å². The van der Waals surface area contributed by atoms with E-state index in [1.54, 1.807) is 0 Å². The van der Waals surface area contributed by atoms with Gasteiger partial charge in [-0.2, -0.15) is 0 Å². The topological polar surface area (TPSA) is 55.1 Å². The minimum atomic E-state index is -0.469. The Morgan fingerprint density at radius 1 is 1.39 bits per heavy atom. The standard InChI is InChI=1S/C14H17FN2O/c15-12-7-6-11(9-13(12)16)17-14(18)8-10-4-2-1-3-5-10/h4,6-7,9H,1-3,5,8,16H2,(H,17,18). The summed E-state index contributed by atoms with van der Waals surface area (Å²) in [6.07, 6.45) is 6.98. The van der Waals surface area contributed by atoms with E-state index in [0.29, 0.717) is 12.1 Å². The molecule has 0 bridgehead atoms. The smallest absolute Gasteiger partial charge is 0.228 e. The van der Waals surface area contributed by atoms with Gasteiger partial charge in [0.1, 0.15) is 5.82 Å². The molecular weight excluding hydrogens is 231 g/mol. The monoisotopic (exact) mass is 248 g/mol. The van der Waals surface area contributed by atoms with Gasteiger partial charge in [-0.3, -0.25) is 4.79 Å². The van der Waals surface area contributed by atoms with Crippen LogP contribution in [0.4, 0.5) is 15.8 Å². The van der Waals surface area contributed by atoms with Crippen LogP contribution in [0, 0.1) is 5.82 Å². The number of benzene rings is 1. The normalized spacial score (nSPS) is 15.1. The van der Waals surface area contributed by atoms with Crippen molar-refractivity contribution in [2.24, 2.45) is 0 Å². The second-order valence-electron chi connectivity index (χ2n) is 4.57. The molecule has 0 atom stereocenters. The zero-order valence-electron chi connectivity index (χ0n) is 10.2. The van der Waals surface area contributed by atoms with E-state index in [1.807, 2.05) is 0 Å². The maximum Gasteiger partial charge on any atom is 0.228 e. The predicted molar refractivity (Wildman–Crippen MR) is 70.6 cm³/mol. The zero-order chi connectivity index (χ0) is 13.0. The lowest BCUT2D eigenvalue weighted by molar-refractivity contribution is -0.115. The highest BCUT2D eigenvalue weighted by Gasteiger charge is 2.09. The predicted octanol–water partition coefficient (Wildman–Crippen LogP) is 3.24. The molecule has 0 heterocycles. The van der Waals surface area contributed by atoms with Crippen molar-refractivity contribution in [3.05, 3.63) is 35.7 Å². The first-order valence-corrected chi connectivity index (χ1v) is 6.18. The summed E-state index contributed by atoms with van der Waals surface area (Å²) in [5.74, 6) is -0.544. The maximum absolute atomic E-state index is 13.0. The van der Waals surface area contributed by atoms with Crippen LogP contribution in [-0.4, -0.2) is 5.91 Å². The quantitative estimate of drug-likeness (QED) is 0.637. The summed E-state index contributed by atoms with van der Waals surface area (Å²) in [6.45, 7) is 0. The van der Waals surface area contributed by atoms with Crippen LogP contribution < -0.4 is 11.1 Å². The molecule has 3 nitrogen and oxygen atoms in total. The number of amides is 1. The minimum absolute atomic E-state index is 0.0460. The number of carbonyl (C=O) groups excluding carboxylic acids is 1. The van der Waals surface area contributed by atoms with Gasteiger partial charge in [0, 0.05) is 12.1 Å². The number of hydrogen-bond donors (Lipinski definition) is 2. The van der Waals surface area contributed by atoms with Crippen molar-refractivity contribution < 1.29 is 9.18 Å². The van der Waals surface area contributed by atoms with Gasteiger partial charge in [-0.15, -0.1) is 0 Å². The third kappa shape index (κ3) is 3.32. The molecule has 0 spiro atoms. The van der Waals surface area contributed by atoms with Crippen molar-refractivity contribution in [3.8, 4) is 0 Å². The molecule has 0 saturated carbocycles. The fourth-order valence-electron chi connectivity index (χ4n) is 2.10. The van der Waals surface area contributed by atoms with Crippen molar-refractivity contribution in [2.45, 2.75) is 32.1 Å². The van der Waals surface area contributed by atoms with Crippen LogP contribution >= 0.6 is 0 Å². The van der Waals surface area contributed by atoms with Gasteiger partial charge in [-0.05, 0) is 43.9 Å². The van der Waals surface area contributed by atoms with E-state index in [4.69, 9.17) is 5.73 Å². The second-order valence-corrected chi connectivity index (χ2v) is 4.57. The Labute approximate surface area is 106 Å². The van der Waals surface area contributed by atoms with Crippen LogP contribution in [0.25, 0.3) is 0 Å². The molecule has 96 valence electrons. The molecule has 0 saturated heterocycles. The molecule has 1 aromatic carbocycles. The summed E-state index contributed by atoms with van der Waals surface area (Å²) in [6, 6.07) is 4.20. The first-order valence-electron chi connectivity index (χ1n) is 6.18. The second kappa shape index (κ2) is 5.67. The summed E-state index contributed by atoms with van der Waals surface area (Å²) in [5.41, 5.74) is 7.21. The highest BCUT2D eigenvalue weighted by Crippen LogP contribution is 2.21. The Morgan fingerprint density at radius 3 is 2.89 bits per heavy atom. The first kappa shape index (κ1) is 12.6. The van der Waals surface area contributed by atoms with E-state index in [1.165, 1.54) is 30.2 Å². The molecule has 1 amide bonds. The van der Waals surface area contributed by atoms with E-state index in [2.05, 4.69) is 11.4 Å². The van der Waals surface area contributed by atoms with Crippen LogP contribution in [0.15, 0.2) is 29.8 Å². The Balaban J connectivity index is 1.94. The van der Waals surface area contributed by atoms with E-state index in [9.17, 15) is 9.18 Å². The summed E-state index contributed by atoms with van der Waals surface area (Å²) in [5, 5.41) is 2.73. The highest BCUT2D eigenvalue weighted by molar-refractivity contribution is 5.92. The lowest BCUT2D eigenvalue weighted by Crippen LogP contribution is -2.13. The largest absolute Gasteiger partial charge is 0.396 e. The molecule has 1 aromatic rings. The molecule has 1 aliphatic rings. The van der Waals surface area contributed by atoms with Crippen LogP contribution in [0.3, 0.4) is 0 Å². The fourth-order valence-corrected chi connectivity index (χ4v) is 2.10. The third-order valence-corrected chi connectivity index (χ3v) is 3.05. The van der Waals surface area contributed by atoms with Crippen LogP contribution in [-0.2, 0) is 4.79 Å². The van der Waals surface area contributed by atoms with Crippen molar-refractivity contribution in [2.75, 3.05) is 11.1 Å². The van der Waals surface area contributed by atoms with E-state index >= 15 is 0 Å². The molecular formula is C14H17FN2O. The molecule has 4 heteroatoms. The van der Waals surface area contributed by atoms with Crippen molar-refractivity contribution >= 4 is 17.3 Å². The van der Waals surface area contributed by atoms with Crippen LogP contribution in [0.5, 0.6) is 0 Å². The van der Waals surface area contributed by atoms with Crippen LogP contribution in [0.1, 0.15) is 32.1 Å². The minimum Gasteiger partial charge on any atom is -0.396 e. The van der Waals surface area contributed by atoms with Crippen molar-refractivity contribution in [3.63, 3.8) is 0 Å². The fraction of sp³-hybridized carbons (Fsp3) is 0.357. The molecule has 0 aromatic heterocycles. The number of anilines is 2. The molecule has 1 aliphatic carbocycles. The van der Waals surface area contributed by atoms with Gasteiger partial charge >= 0.3 is 0 Å². The Kier molecular flexibility index (Phi) is 3.97. The number of halogens is 1. The summed E-state index contributed by atoms with van der Waals surface area (Å²) in [7, 11) is 0. The SMILES string of the molecule is Nc1cc(NC(=O)CC2=CCCCC2)ccc1F. The molecule has 2 rings (SSSR count). The summed E-state index contributed by atoms with van der Waals surface area (Å²) >= 11 is 0. The summed E-state index contributed by atoms with van der Waals surface area (Å²) < 4.78 is 13.0. The molecule has 3 N–H and O–H groups in total. The lowest BCUT2D eigenvalue weighted by atomic mass is 9.97. The Hall–Kier alpha value is -1.84. The number of carbonyl (C=O) groups is 1. The van der Waals surface area contributed by atoms with Gasteiger partial charge in [0.2, 0.25) is 5.91 Å².